The van der Waals surface area contributed by atoms with E-state index in [1.165, 1.54) is 0 Å². The van der Waals surface area contributed by atoms with Gasteiger partial charge in [0.05, 0.1) is 7.11 Å². The summed E-state index contributed by atoms with van der Waals surface area (Å²) in [5, 5.41) is 9.17. The van der Waals surface area contributed by atoms with Crippen LogP contribution in [0.3, 0.4) is 0 Å². The molecular weight excluding hydrogens is 212 g/mol. The predicted molar refractivity (Wildman–Crippen MR) is 45.0 cm³/mol. The molecule has 0 fully saturated rings. The number of nitrogens with one attached hydrogen (secondary N) is 1. The van der Waals surface area contributed by atoms with Crippen LogP contribution < -0.4 is 5.56 Å². The number of hydrogen-bond acceptors (Lipinski definition) is 4. The molecule has 0 unspecified atom stereocenters. The summed E-state index contributed by atoms with van der Waals surface area (Å²) in [5.41, 5.74) is -2.60. The topological polar surface area (TPSA) is 79.4 Å². The molecule has 15 heavy (non-hydrogen) atoms. The van der Waals surface area contributed by atoms with Gasteiger partial charge < -0.3 is 14.8 Å². The Balaban J connectivity index is 3.47. The van der Waals surface area contributed by atoms with Crippen molar-refractivity contribution in [1.82, 2.24) is 4.98 Å². The maximum Gasteiger partial charge on any atom is 0.343 e. The third kappa shape index (κ3) is 2.12. The first-order valence-corrected chi connectivity index (χ1v) is 3.80. The quantitative estimate of drug-likeness (QED) is 0.721. The van der Waals surface area contributed by atoms with Gasteiger partial charge in [0.15, 0.2) is 0 Å². The number of hydrogen-bond donors (Lipinski definition) is 2. The van der Waals surface area contributed by atoms with E-state index in [1.54, 1.807) is 4.98 Å². The van der Waals surface area contributed by atoms with E-state index >= 15 is 0 Å². The van der Waals surface area contributed by atoms with Crippen molar-refractivity contribution in [2.24, 2.45) is 0 Å². The Morgan fingerprint density at radius 3 is 2.67 bits per heavy atom. The first-order chi connectivity index (χ1) is 6.97. The molecule has 2 N–H and O–H groups in total. The van der Waals surface area contributed by atoms with Gasteiger partial charge in [-0.1, -0.05) is 0 Å². The number of aromatic hydroxyl groups is 1. The molecule has 0 aliphatic carbocycles. The van der Waals surface area contributed by atoms with E-state index in [-0.39, 0.29) is 0 Å². The minimum absolute atomic E-state index is 0.623. The van der Waals surface area contributed by atoms with Crippen molar-refractivity contribution in [1.29, 1.82) is 0 Å². The van der Waals surface area contributed by atoms with E-state index in [9.17, 15) is 18.4 Å². The number of carbonyl (C=O) groups is 1. The number of H-pyrrole nitrogens is 1. The normalized spacial score (nSPS) is 10.4. The zero-order chi connectivity index (χ0) is 11.6. The van der Waals surface area contributed by atoms with Crippen molar-refractivity contribution in [3.63, 3.8) is 0 Å². The van der Waals surface area contributed by atoms with E-state index in [2.05, 4.69) is 4.74 Å². The van der Waals surface area contributed by atoms with E-state index < -0.39 is 35.0 Å². The van der Waals surface area contributed by atoms with Gasteiger partial charge >= 0.3 is 5.97 Å². The monoisotopic (exact) mass is 219 g/mol. The minimum atomic E-state index is -3.08. The molecule has 0 saturated heterocycles. The van der Waals surface area contributed by atoms with E-state index in [1.807, 2.05) is 0 Å². The van der Waals surface area contributed by atoms with Crippen LogP contribution in [0.4, 0.5) is 8.78 Å². The van der Waals surface area contributed by atoms with Gasteiger partial charge in [-0.15, -0.1) is 0 Å². The van der Waals surface area contributed by atoms with Crippen molar-refractivity contribution in [3.05, 3.63) is 27.7 Å². The Labute approximate surface area is 82.3 Å². The van der Waals surface area contributed by atoms with Gasteiger partial charge in [0.2, 0.25) is 0 Å². The smallest absolute Gasteiger partial charge is 0.343 e. The second-order valence-electron chi connectivity index (χ2n) is 2.60. The summed E-state index contributed by atoms with van der Waals surface area (Å²) >= 11 is 0. The van der Waals surface area contributed by atoms with E-state index in [4.69, 9.17) is 5.11 Å². The average molecular weight is 219 g/mol. The second-order valence-corrected chi connectivity index (χ2v) is 2.60. The van der Waals surface area contributed by atoms with Crippen LogP contribution in [0.15, 0.2) is 10.9 Å². The Hall–Kier alpha value is -1.92. The molecule has 0 spiro atoms. The first kappa shape index (κ1) is 11.2. The van der Waals surface area contributed by atoms with Crippen molar-refractivity contribution >= 4 is 5.97 Å². The molecule has 1 heterocycles. The summed E-state index contributed by atoms with van der Waals surface area (Å²) in [5.74, 6) is -1.97. The third-order valence-corrected chi connectivity index (χ3v) is 1.66. The van der Waals surface area contributed by atoms with Crippen molar-refractivity contribution < 1.29 is 23.4 Å². The van der Waals surface area contributed by atoms with Crippen molar-refractivity contribution in [2.75, 3.05) is 7.11 Å². The lowest BCUT2D eigenvalue weighted by atomic mass is 10.2. The predicted octanol–water partition coefficient (Wildman–Crippen LogP) is 0.805. The molecule has 0 atom stereocenters. The highest BCUT2D eigenvalue weighted by molar-refractivity contribution is 5.93. The van der Waals surface area contributed by atoms with Crippen LogP contribution in [0.25, 0.3) is 0 Å². The number of methoxy groups -OCH3 is 1. The molecule has 0 aliphatic heterocycles. The first-order valence-electron chi connectivity index (χ1n) is 3.80. The van der Waals surface area contributed by atoms with Gasteiger partial charge in [0.25, 0.3) is 12.0 Å². The lowest BCUT2D eigenvalue weighted by molar-refractivity contribution is 0.0583. The molecule has 7 heteroatoms. The number of ether oxygens (including phenoxy) is 1. The maximum absolute atomic E-state index is 12.4. The summed E-state index contributed by atoms with van der Waals surface area (Å²) in [7, 11) is 0.974. The molecule has 82 valence electrons. The molecule has 1 aromatic rings. The molecule has 0 saturated carbocycles. The standard InChI is InChI=1S/C8H7F2NO4/c1-15-8(14)5-3(12)2-4(13)11-6(5)7(9)10/h2,7H,1H3,(H2,11,12,13). The fourth-order valence-electron chi connectivity index (χ4n) is 1.05. The Morgan fingerprint density at radius 1 is 1.60 bits per heavy atom. The number of pyridine rings is 1. The van der Waals surface area contributed by atoms with Crippen LogP contribution in [0.2, 0.25) is 0 Å². The average Bonchev–Trinajstić information content (AvgIpc) is 2.15. The second kappa shape index (κ2) is 4.07. The van der Waals surface area contributed by atoms with E-state index in [0.29, 0.717) is 6.07 Å². The minimum Gasteiger partial charge on any atom is -0.507 e. The summed E-state index contributed by atoms with van der Waals surface area (Å²) in [6.07, 6.45) is -3.08. The number of carbonyl (C=O) groups excluding carboxylic acids is 1. The van der Waals surface area contributed by atoms with E-state index in [0.717, 1.165) is 7.11 Å². The number of rotatable bonds is 2. The molecule has 0 aliphatic rings. The molecule has 0 radical (unpaired) electrons. The van der Waals surface area contributed by atoms with Gasteiger partial charge in [-0.05, 0) is 0 Å². The fourth-order valence-corrected chi connectivity index (χ4v) is 1.05. The van der Waals surface area contributed by atoms with Gasteiger partial charge in [0.1, 0.15) is 17.0 Å². The highest BCUT2D eigenvalue weighted by Crippen LogP contribution is 2.26. The van der Waals surface area contributed by atoms with Crippen molar-refractivity contribution in [2.45, 2.75) is 6.43 Å². The summed E-state index contributed by atoms with van der Waals surface area (Å²) in [4.78, 5) is 23.6. The van der Waals surface area contributed by atoms with Crippen LogP contribution >= 0.6 is 0 Å². The summed E-state index contributed by atoms with van der Waals surface area (Å²) < 4.78 is 29.0. The SMILES string of the molecule is COC(=O)c1c(O)cc(=O)[nH]c1C(F)F. The van der Waals surface area contributed by atoms with Crippen molar-refractivity contribution in [3.8, 4) is 5.75 Å². The Morgan fingerprint density at radius 2 is 2.20 bits per heavy atom. The van der Waals surface area contributed by atoms with Gasteiger partial charge in [-0.25, -0.2) is 13.6 Å². The lowest BCUT2D eigenvalue weighted by Crippen LogP contribution is -2.15. The molecule has 1 aromatic heterocycles. The highest BCUT2D eigenvalue weighted by Gasteiger charge is 2.24. The number of aromatic nitrogens is 1. The van der Waals surface area contributed by atoms with Crippen LogP contribution in [0.1, 0.15) is 22.5 Å². The Kier molecular flexibility index (Phi) is 3.03. The van der Waals surface area contributed by atoms with Crippen LogP contribution in [0, 0.1) is 0 Å². The maximum atomic E-state index is 12.4. The van der Waals surface area contributed by atoms with Gasteiger partial charge in [0, 0.05) is 6.07 Å². The zero-order valence-corrected chi connectivity index (χ0v) is 7.58. The molecule has 1 rings (SSSR count). The zero-order valence-electron chi connectivity index (χ0n) is 7.58. The van der Waals surface area contributed by atoms with Crippen LogP contribution in [0.5, 0.6) is 5.75 Å². The van der Waals surface area contributed by atoms with Crippen LogP contribution in [-0.4, -0.2) is 23.2 Å². The van der Waals surface area contributed by atoms with Crippen LogP contribution in [-0.2, 0) is 4.74 Å². The molecule has 0 aromatic carbocycles. The largest absolute Gasteiger partial charge is 0.507 e. The summed E-state index contributed by atoms with van der Waals surface area (Å²) in [6.45, 7) is 0. The summed E-state index contributed by atoms with van der Waals surface area (Å²) in [6, 6.07) is 0.623. The van der Waals surface area contributed by atoms with Gasteiger partial charge in [-0.3, -0.25) is 4.79 Å². The number of halogens is 2. The third-order valence-electron chi connectivity index (χ3n) is 1.66. The molecule has 5 nitrogen and oxygen atoms in total. The molecule has 0 bridgehead atoms. The number of alkyl halides is 2. The lowest BCUT2D eigenvalue weighted by Gasteiger charge is -2.07. The highest BCUT2D eigenvalue weighted by atomic mass is 19.3. The molecular formula is C8H7F2NO4. The number of esters is 1. The molecule has 0 amide bonds. The van der Waals surface area contributed by atoms with Gasteiger partial charge in [-0.2, -0.15) is 0 Å². The Bertz CT molecular complexity index is 441. The fraction of sp³-hybridized carbons (Fsp3) is 0.250. The number of aromatic amines is 1.